The van der Waals surface area contributed by atoms with Gasteiger partial charge in [0.1, 0.15) is 23.1 Å². The molecule has 6 nitrogen and oxygen atoms in total. The fraction of sp³-hybridized carbons (Fsp3) is 0.182. The molecule has 0 atom stereocenters. The molecule has 0 fully saturated rings. The minimum atomic E-state index is -0.594. The molecule has 146 valence electrons. The average molecular weight is 392 g/mol. The predicted molar refractivity (Wildman–Crippen MR) is 104 cm³/mol. The molecule has 7 heteroatoms. The molecule has 29 heavy (non-hydrogen) atoms. The van der Waals surface area contributed by atoms with Crippen molar-refractivity contribution in [3.63, 3.8) is 0 Å². The number of halogens is 1. The van der Waals surface area contributed by atoms with Crippen LogP contribution >= 0.6 is 0 Å². The zero-order valence-electron chi connectivity index (χ0n) is 15.6. The van der Waals surface area contributed by atoms with Gasteiger partial charge in [-0.15, -0.1) is 0 Å². The number of carbonyl (C=O) groups is 2. The number of Topliss-reactive ketones (excluding diaryl/α,β-unsaturated/α-hetero) is 1. The summed E-state index contributed by atoms with van der Waals surface area (Å²) < 4.78 is 18.5. The Balaban J connectivity index is 2.13. The van der Waals surface area contributed by atoms with E-state index in [1.807, 2.05) is 6.07 Å². The Morgan fingerprint density at radius 3 is 2.66 bits per heavy atom. The van der Waals surface area contributed by atoms with Crippen molar-refractivity contribution >= 4 is 22.7 Å². The number of aromatic hydroxyl groups is 1. The Hall–Kier alpha value is -3.79. The van der Waals surface area contributed by atoms with Gasteiger partial charge >= 0.3 is 5.97 Å². The second kappa shape index (κ2) is 8.48. The Bertz CT molecular complexity index is 1150. The van der Waals surface area contributed by atoms with Crippen molar-refractivity contribution in [1.82, 2.24) is 4.98 Å². The van der Waals surface area contributed by atoms with Crippen LogP contribution in [0.2, 0.25) is 0 Å². The lowest BCUT2D eigenvalue weighted by molar-refractivity contribution is -0.143. The average Bonchev–Trinajstić information content (AvgIpc) is 2.71. The molecule has 3 rings (SSSR count). The van der Waals surface area contributed by atoms with E-state index in [0.29, 0.717) is 16.5 Å². The summed E-state index contributed by atoms with van der Waals surface area (Å²) in [6.45, 7) is 1.85. The summed E-state index contributed by atoms with van der Waals surface area (Å²) in [5.41, 5.74) is 0.905. The standard InChI is InChI=1S/C22H17FN2O4/c1-2-29-19(27)10-9-18(26)21-22(28)17(12-24)16-8-4-7-15(20(16)25-21)13-5-3-6-14(23)11-13/h3-8,11,28H,2,9-10H2,1H3. The molecule has 0 aliphatic carbocycles. The molecule has 0 amide bonds. The van der Waals surface area contributed by atoms with Gasteiger partial charge in [-0.25, -0.2) is 9.37 Å². The summed E-state index contributed by atoms with van der Waals surface area (Å²) in [4.78, 5) is 28.4. The van der Waals surface area contributed by atoms with Crippen LogP contribution in [0.5, 0.6) is 5.75 Å². The van der Waals surface area contributed by atoms with E-state index in [-0.39, 0.29) is 36.2 Å². The van der Waals surface area contributed by atoms with E-state index in [2.05, 4.69) is 4.98 Å². The molecule has 0 unspecified atom stereocenters. The Morgan fingerprint density at radius 2 is 1.97 bits per heavy atom. The van der Waals surface area contributed by atoms with Crippen molar-refractivity contribution in [2.24, 2.45) is 0 Å². The van der Waals surface area contributed by atoms with E-state index in [1.165, 1.54) is 12.1 Å². The molecule has 0 bridgehead atoms. The first-order valence-electron chi connectivity index (χ1n) is 8.96. The van der Waals surface area contributed by atoms with Crippen molar-refractivity contribution in [1.29, 1.82) is 5.26 Å². The lowest BCUT2D eigenvalue weighted by atomic mass is 9.97. The summed E-state index contributed by atoms with van der Waals surface area (Å²) in [7, 11) is 0. The number of rotatable bonds is 6. The molecule has 3 aromatic rings. The Labute approximate surface area is 166 Å². The maximum atomic E-state index is 13.7. The third-order valence-electron chi connectivity index (χ3n) is 4.36. The highest BCUT2D eigenvalue weighted by Crippen LogP contribution is 2.34. The van der Waals surface area contributed by atoms with Crippen molar-refractivity contribution < 1.29 is 23.8 Å². The number of pyridine rings is 1. The fourth-order valence-electron chi connectivity index (χ4n) is 3.04. The minimum Gasteiger partial charge on any atom is -0.504 e. The second-order valence-electron chi connectivity index (χ2n) is 6.24. The van der Waals surface area contributed by atoms with E-state index in [1.54, 1.807) is 37.3 Å². The van der Waals surface area contributed by atoms with Crippen LogP contribution in [0, 0.1) is 17.1 Å². The molecule has 0 saturated heterocycles. The van der Waals surface area contributed by atoms with E-state index in [4.69, 9.17) is 4.74 Å². The van der Waals surface area contributed by atoms with Crippen LogP contribution in [0.3, 0.4) is 0 Å². The van der Waals surface area contributed by atoms with Gasteiger partial charge in [-0.3, -0.25) is 9.59 Å². The normalized spacial score (nSPS) is 10.5. The number of fused-ring (bicyclic) bond motifs is 1. The third-order valence-corrected chi connectivity index (χ3v) is 4.36. The van der Waals surface area contributed by atoms with Crippen LogP contribution in [-0.4, -0.2) is 28.4 Å². The van der Waals surface area contributed by atoms with Crippen molar-refractivity contribution in [2.75, 3.05) is 6.61 Å². The van der Waals surface area contributed by atoms with Crippen LogP contribution < -0.4 is 0 Å². The number of benzene rings is 2. The molecule has 1 heterocycles. The quantitative estimate of drug-likeness (QED) is 0.500. The third kappa shape index (κ3) is 4.06. The number of ketones is 1. The zero-order valence-corrected chi connectivity index (χ0v) is 15.6. The van der Waals surface area contributed by atoms with Crippen molar-refractivity contribution in [3.05, 3.63) is 59.5 Å². The van der Waals surface area contributed by atoms with Crippen LogP contribution in [0.4, 0.5) is 4.39 Å². The van der Waals surface area contributed by atoms with Crippen molar-refractivity contribution in [2.45, 2.75) is 19.8 Å². The molecular weight excluding hydrogens is 375 g/mol. The van der Waals surface area contributed by atoms with E-state index in [0.717, 1.165) is 0 Å². The highest BCUT2D eigenvalue weighted by atomic mass is 19.1. The van der Waals surface area contributed by atoms with Crippen LogP contribution in [0.25, 0.3) is 22.0 Å². The van der Waals surface area contributed by atoms with Gasteiger partial charge < -0.3 is 9.84 Å². The van der Waals surface area contributed by atoms with E-state index < -0.39 is 23.3 Å². The van der Waals surface area contributed by atoms with Gasteiger partial charge in [-0.2, -0.15) is 5.26 Å². The highest BCUT2D eigenvalue weighted by Gasteiger charge is 2.22. The van der Waals surface area contributed by atoms with Crippen molar-refractivity contribution in [3.8, 4) is 22.9 Å². The first kappa shape index (κ1) is 20.0. The molecule has 2 aromatic carbocycles. The fourth-order valence-corrected chi connectivity index (χ4v) is 3.04. The van der Waals surface area contributed by atoms with E-state index in [9.17, 15) is 24.3 Å². The smallest absolute Gasteiger partial charge is 0.306 e. The number of ether oxygens (including phenoxy) is 1. The Kier molecular flexibility index (Phi) is 5.84. The minimum absolute atomic E-state index is 0.104. The number of aromatic nitrogens is 1. The van der Waals surface area contributed by atoms with Gasteiger partial charge in [-0.05, 0) is 24.6 Å². The lowest BCUT2D eigenvalue weighted by Crippen LogP contribution is -2.10. The monoisotopic (exact) mass is 392 g/mol. The molecule has 0 aliphatic heterocycles. The number of para-hydroxylation sites is 1. The van der Waals surface area contributed by atoms with E-state index >= 15 is 0 Å². The van der Waals surface area contributed by atoms with Gasteiger partial charge in [0.25, 0.3) is 0 Å². The van der Waals surface area contributed by atoms with Gasteiger partial charge in [-0.1, -0.05) is 30.3 Å². The number of hydrogen-bond donors (Lipinski definition) is 1. The second-order valence-corrected chi connectivity index (χ2v) is 6.24. The largest absolute Gasteiger partial charge is 0.504 e. The summed E-state index contributed by atoms with van der Waals surface area (Å²) in [6.07, 6.45) is -0.392. The Morgan fingerprint density at radius 1 is 1.21 bits per heavy atom. The molecule has 0 aliphatic rings. The molecule has 0 radical (unpaired) electrons. The van der Waals surface area contributed by atoms with Gasteiger partial charge in [0.2, 0.25) is 0 Å². The predicted octanol–water partition coefficient (Wildman–Crippen LogP) is 4.14. The summed E-state index contributed by atoms with van der Waals surface area (Å²) >= 11 is 0. The molecule has 0 saturated carbocycles. The summed E-state index contributed by atoms with van der Waals surface area (Å²) in [5.74, 6) is -2.11. The molecule has 1 N–H and O–H groups in total. The number of nitriles is 1. The SMILES string of the molecule is CCOC(=O)CCC(=O)c1nc2c(-c3cccc(F)c3)cccc2c(C#N)c1O. The molecule has 1 aromatic heterocycles. The number of nitrogens with zero attached hydrogens (tertiary/aromatic N) is 2. The molecule has 0 spiro atoms. The number of carbonyl (C=O) groups excluding carboxylic acids is 2. The first-order chi connectivity index (χ1) is 14.0. The molecular formula is C22H17FN2O4. The first-order valence-corrected chi connectivity index (χ1v) is 8.96. The maximum Gasteiger partial charge on any atom is 0.306 e. The topological polar surface area (TPSA) is 100 Å². The van der Waals surface area contributed by atoms with Gasteiger partial charge in [0.15, 0.2) is 11.5 Å². The highest BCUT2D eigenvalue weighted by molar-refractivity contribution is 6.05. The van der Waals surface area contributed by atoms with Crippen LogP contribution in [-0.2, 0) is 9.53 Å². The van der Waals surface area contributed by atoms with Gasteiger partial charge in [0.05, 0.1) is 18.5 Å². The number of esters is 1. The zero-order chi connectivity index (χ0) is 21.0. The lowest BCUT2D eigenvalue weighted by Gasteiger charge is -2.12. The summed E-state index contributed by atoms with van der Waals surface area (Å²) in [5, 5.41) is 20.3. The number of hydrogen-bond acceptors (Lipinski definition) is 6. The maximum absolute atomic E-state index is 13.7. The van der Waals surface area contributed by atoms with Gasteiger partial charge in [0, 0.05) is 17.4 Å². The summed E-state index contributed by atoms with van der Waals surface area (Å²) in [6, 6.07) is 12.7. The van der Waals surface area contributed by atoms with Crippen LogP contribution in [0.15, 0.2) is 42.5 Å². The van der Waals surface area contributed by atoms with Crippen LogP contribution in [0.1, 0.15) is 35.8 Å².